The zero-order valence-electron chi connectivity index (χ0n) is 10.4. The minimum absolute atomic E-state index is 0.258. The van der Waals surface area contributed by atoms with E-state index in [0.717, 1.165) is 19.4 Å². The van der Waals surface area contributed by atoms with Gasteiger partial charge >= 0.3 is 0 Å². The van der Waals surface area contributed by atoms with Crippen molar-refractivity contribution in [3.8, 4) is 0 Å². The predicted molar refractivity (Wildman–Crippen MR) is 62.7 cm³/mol. The number of nitrogens with zero attached hydrogens (tertiary/aromatic N) is 1. The number of hydrogen-bond donors (Lipinski definition) is 1. The lowest BCUT2D eigenvalue weighted by Gasteiger charge is -2.30. The second-order valence-electron chi connectivity index (χ2n) is 5.15. The molecule has 1 atom stereocenters. The van der Waals surface area contributed by atoms with Gasteiger partial charge in [0.25, 0.3) is 0 Å². The van der Waals surface area contributed by atoms with Gasteiger partial charge < -0.3 is 10.2 Å². The summed E-state index contributed by atoms with van der Waals surface area (Å²) in [6.07, 6.45) is 3.39. The number of rotatable bonds is 5. The Morgan fingerprint density at radius 3 is 2.33 bits per heavy atom. The van der Waals surface area contributed by atoms with Crippen molar-refractivity contribution < 1.29 is 4.79 Å². The molecule has 0 radical (unpaired) electrons. The Balaban J connectivity index is 2.29. The number of amides is 1. The standard InChI is InChI=1S/C12H24N2O/c1-9(2)11(14(3)4)8-13-12(15)10-6-5-7-10/h9-11H,5-8H2,1-4H3,(H,13,15). The van der Waals surface area contributed by atoms with Crippen LogP contribution in [-0.2, 0) is 4.79 Å². The van der Waals surface area contributed by atoms with Crippen LogP contribution in [0, 0.1) is 11.8 Å². The van der Waals surface area contributed by atoms with E-state index in [9.17, 15) is 4.79 Å². The summed E-state index contributed by atoms with van der Waals surface area (Å²) in [6, 6.07) is 0.439. The number of hydrogen-bond acceptors (Lipinski definition) is 2. The third kappa shape index (κ3) is 3.49. The van der Waals surface area contributed by atoms with Crippen molar-refractivity contribution in [3.05, 3.63) is 0 Å². The van der Waals surface area contributed by atoms with Crippen LogP contribution in [0.4, 0.5) is 0 Å². The highest BCUT2D eigenvalue weighted by Gasteiger charge is 2.26. The predicted octanol–water partition coefficient (Wildman–Crippen LogP) is 1.49. The van der Waals surface area contributed by atoms with Gasteiger partial charge in [-0.25, -0.2) is 0 Å². The Hall–Kier alpha value is -0.570. The molecule has 1 saturated carbocycles. The normalized spacial score (nSPS) is 19.1. The Morgan fingerprint density at radius 2 is 2.00 bits per heavy atom. The van der Waals surface area contributed by atoms with Crippen LogP contribution >= 0.6 is 0 Å². The fourth-order valence-corrected chi connectivity index (χ4v) is 2.03. The molecule has 1 rings (SSSR count). The first-order valence-electron chi connectivity index (χ1n) is 5.96. The number of carbonyl (C=O) groups is 1. The molecule has 0 bridgehead atoms. The average Bonchev–Trinajstić information content (AvgIpc) is 1.99. The zero-order chi connectivity index (χ0) is 11.4. The molecule has 0 aliphatic heterocycles. The molecule has 1 N–H and O–H groups in total. The van der Waals surface area contributed by atoms with Crippen LogP contribution in [0.15, 0.2) is 0 Å². The second kappa shape index (κ2) is 5.50. The van der Waals surface area contributed by atoms with E-state index in [1.54, 1.807) is 0 Å². The molecule has 1 fully saturated rings. The molecule has 0 aromatic heterocycles. The Kier molecular flexibility index (Phi) is 4.58. The average molecular weight is 212 g/mol. The van der Waals surface area contributed by atoms with Gasteiger partial charge in [-0.05, 0) is 32.9 Å². The lowest BCUT2D eigenvalue weighted by molar-refractivity contribution is -0.127. The fraction of sp³-hybridized carbons (Fsp3) is 0.917. The van der Waals surface area contributed by atoms with E-state index in [1.165, 1.54) is 6.42 Å². The van der Waals surface area contributed by atoms with Crippen LogP contribution in [0.25, 0.3) is 0 Å². The highest BCUT2D eigenvalue weighted by Crippen LogP contribution is 2.26. The molecule has 15 heavy (non-hydrogen) atoms. The molecule has 0 aromatic rings. The van der Waals surface area contributed by atoms with Crippen molar-refractivity contribution in [2.75, 3.05) is 20.6 Å². The molecule has 0 aromatic carbocycles. The maximum absolute atomic E-state index is 11.6. The third-order valence-corrected chi connectivity index (χ3v) is 3.39. The molecular formula is C12H24N2O. The monoisotopic (exact) mass is 212 g/mol. The second-order valence-corrected chi connectivity index (χ2v) is 5.15. The molecule has 0 heterocycles. The quantitative estimate of drug-likeness (QED) is 0.749. The third-order valence-electron chi connectivity index (χ3n) is 3.39. The summed E-state index contributed by atoms with van der Waals surface area (Å²) in [5.74, 6) is 1.13. The van der Waals surface area contributed by atoms with Gasteiger partial charge in [-0.2, -0.15) is 0 Å². The van der Waals surface area contributed by atoms with E-state index in [2.05, 4.69) is 38.2 Å². The minimum atomic E-state index is 0.258. The topological polar surface area (TPSA) is 32.3 Å². The lowest BCUT2D eigenvalue weighted by Crippen LogP contribution is -2.45. The van der Waals surface area contributed by atoms with E-state index in [0.29, 0.717) is 17.9 Å². The molecule has 0 spiro atoms. The first kappa shape index (κ1) is 12.5. The van der Waals surface area contributed by atoms with Crippen LogP contribution in [0.5, 0.6) is 0 Å². The van der Waals surface area contributed by atoms with Crippen molar-refractivity contribution in [1.29, 1.82) is 0 Å². The first-order chi connectivity index (χ1) is 7.02. The van der Waals surface area contributed by atoms with Gasteiger partial charge in [-0.3, -0.25) is 4.79 Å². The van der Waals surface area contributed by atoms with E-state index in [-0.39, 0.29) is 5.91 Å². The molecule has 1 amide bonds. The van der Waals surface area contributed by atoms with Crippen LogP contribution < -0.4 is 5.32 Å². The maximum Gasteiger partial charge on any atom is 0.223 e. The van der Waals surface area contributed by atoms with E-state index in [1.807, 2.05) is 0 Å². The van der Waals surface area contributed by atoms with Crippen molar-refractivity contribution in [2.45, 2.75) is 39.2 Å². The van der Waals surface area contributed by atoms with Crippen LogP contribution in [-0.4, -0.2) is 37.5 Å². The summed E-state index contributed by atoms with van der Waals surface area (Å²) in [5.41, 5.74) is 0. The highest BCUT2D eigenvalue weighted by atomic mass is 16.1. The zero-order valence-corrected chi connectivity index (χ0v) is 10.4. The summed E-state index contributed by atoms with van der Waals surface area (Å²) in [4.78, 5) is 13.8. The van der Waals surface area contributed by atoms with Crippen LogP contribution in [0.1, 0.15) is 33.1 Å². The van der Waals surface area contributed by atoms with Crippen molar-refractivity contribution in [1.82, 2.24) is 10.2 Å². The van der Waals surface area contributed by atoms with E-state index >= 15 is 0 Å². The van der Waals surface area contributed by atoms with Crippen molar-refractivity contribution in [2.24, 2.45) is 11.8 Å². The van der Waals surface area contributed by atoms with Crippen molar-refractivity contribution >= 4 is 5.91 Å². The maximum atomic E-state index is 11.6. The Morgan fingerprint density at radius 1 is 1.40 bits per heavy atom. The molecule has 3 nitrogen and oxygen atoms in total. The molecule has 1 aliphatic rings. The minimum Gasteiger partial charge on any atom is -0.354 e. The molecule has 88 valence electrons. The summed E-state index contributed by atoms with van der Waals surface area (Å²) in [6.45, 7) is 5.17. The van der Waals surface area contributed by atoms with Crippen LogP contribution in [0.3, 0.4) is 0 Å². The van der Waals surface area contributed by atoms with Gasteiger partial charge in [0, 0.05) is 18.5 Å². The molecule has 3 heteroatoms. The largest absolute Gasteiger partial charge is 0.354 e. The summed E-state index contributed by atoms with van der Waals surface area (Å²) in [5, 5.41) is 3.07. The number of likely N-dealkylation sites (N-methyl/N-ethyl adjacent to an activating group) is 1. The molecule has 1 unspecified atom stereocenters. The van der Waals surface area contributed by atoms with Gasteiger partial charge in [0.15, 0.2) is 0 Å². The summed E-state index contributed by atoms with van der Waals surface area (Å²) in [7, 11) is 4.14. The molecule has 1 aliphatic carbocycles. The highest BCUT2D eigenvalue weighted by molar-refractivity contribution is 5.79. The molecular weight excluding hydrogens is 188 g/mol. The Bertz CT molecular complexity index is 202. The number of nitrogens with one attached hydrogen (secondary N) is 1. The van der Waals surface area contributed by atoms with Gasteiger partial charge in [0.2, 0.25) is 5.91 Å². The van der Waals surface area contributed by atoms with Gasteiger partial charge in [0.05, 0.1) is 0 Å². The first-order valence-corrected chi connectivity index (χ1v) is 5.96. The Labute approximate surface area is 93.2 Å². The molecule has 0 saturated heterocycles. The fourth-order valence-electron chi connectivity index (χ4n) is 2.03. The van der Waals surface area contributed by atoms with Crippen molar-refractivity contribution in [3.63, 3.8) is 0 Å². The number of carbonyl (C=O) groups excluding carboxylic acids is 1. The van der Waals surface area contributed by atoms with Gasteiger partial charge in [-0.15, -0.1) is 0 Å². The van der Waals surface area contributed by atoms with Gasteiger partial charge in [0.1, 0.15) is 0 Å². The smallest absolute Gasteiger partial charge is 0.223 e. The van der Waals surface area contributed by atoms with Gasteiger partial charge in [-0.1, -0.05) is 20.3 Å². The summed E-state index contributed by atoms with van der Waals surface area (Å²) >= 11 is 0. The van der Waals surface area contributed by atoms with Crippen LogP contribution in [0.2, 0.25) is 0 Å². The lowest BCUT2D eigenvalue weighted by atomic mass is 9.85. The van der Waals surface area contributed by atoms with E-state index in [4.69, 9.17) is 0 Å². The SMILES string of the molecule is CC(C)C(CNC(=O)C1CCC1)N(C)C. The summed E-state index contributed by atoms with van der Waals surface area (Å²) < 4.78 is 0. The van der Waals surface area contributed by atoms with E-state index < -0.39 is 0 Å².